The lowest BCUT2D eigenvalue weighted by Gasteiger charge is -2.11. The molecule has 0 bridgehead atoms. The number of hydrogen-bond donors (Lipinski definition) is 2. The first-order chi connectivity index (χ1) is 8.95. The molecule has 5 nitrogen and oxygen atoms in total. The molecule has 1 aromatic heterocycles. The second-order valence-electron chi connectivity index (χ2n) is 4.28. The minimum Gasteiger partial charge on any atom is -0.444 e. The molecule has 1 atom stereocenters. The Hall–Kier alpha value is -2.01. The predicted octanol–water partition coefficient (Wildman–Crippen LogP) is 2.71. The van der Waals surface area contributed by atoms with Gasteiger partial charge in [0.25, 0.3) is 5.91 Å². The van der Waals surface area contributed by atoms with Gasteiger partial charge < -0.3 is 15.5 Å². The summed E-state index contributed by atoms with van der Waals surface area (Å²) in [5, 5.41) is 3.19. The molecule has 19 heavy (non-hydrogen) atoms. The molecule has 6 heteroatoms. The number of carbonyl (C=O) groups is 1. The normalized spacial score (nSPS) is 12.2. The van der Waals surface area contributed by atoms with E-state index in [4.69, 9.17) is 21.8 Å². The lowest BCUT2D eigenvalue weighted by molar-refractivity contribution is 0.0934. The van der Waals surface area contributed by atoms with Crippen LogP contribution in [0.15, 0.2) is 28.8 Å². The number of rotatable bonds is 3. The zero-order valence-corrected chi connectivity index (χ0v) is 11.4. The standard InChI is InChI=1S/C13H14ClN3O2/c1-7-6-16-13(19-7)8(2)17-12(18)9-3-10(14)5-11(15)4-9/h3-6,8H,15H2,1-2H3,(H,17,18). The number of nitrogens with one attached hydrogen (secondary N) is 1. The van der Waals surface area contributed by atoms with Gasteiger partial charge in [-0.1, -0.05) is 11.6 Å². The Morgan fingerprint density at radius 3 is 2.79 bits per heavy atom. The first kappa shape index (κ1) is 13.4. The Bertz CT molecular complexity index is 589. The molecule has 0 saturated carbocycles. The number of hydrogen-bond acceptors (Lipinski definition) is 4. The van der Waals surface area contributed by atoms with E-state index < -0.39 is 0 Å². The zero-order valence-electron chi connectivity index (χ0n) is 10.6. The number of nitrogen functional groups attached to an aromatic ring is 1. The summed E-state index contributed by atoms with van der Waals surface area (Å²) in [6.45, 7) is 3.58. The van der Waals surface area contributed by atoms with E-state index >= 15 is 0 Å². The Balaban J connectivity index is 2.12. The van der Waals surface area contributed by atoms with Crippen LogP contribution in [0.5, 0.6) is 0 Å². The molecule has 0 aliphatic heterocycles. The number of amides is 1. The molecule has 2 aromatic rings. The minimum atomic E-state index is -0.332. The van der Waals surface area contributed by atoms with Crippen LogP contribution in [0.25, 0.3) is 0 Å². The minimum absolute atomic E-state index is 0.280. The van der Waals surface area contributed by atoms with Crippen molar-refractivity contribution in [3.63, 3.8) is 0 Å². The van der Waals surface area contributed by atoms with Crippen LogP contribution in [0.2, 0.25) is 5.02 Å². The highest BCUT2D eigenvalue weighted by atomic mass is 35.5. The molecule has 0 aliphatic carbocycles. The molecule has 0 spiro atoms. The van der Waals surface area contributed by atoms with Crippen molar-refractivity contribution < 1.29 is 9.21 Å². The monoisotopic (exact) mass is 279 g/mol. The highest BCUT2D eigenvalue weighted by Gasteiger charge is 2.16. The third-order valence-electron chi connectivity index (χ3n) is 2.54. The molecule has 3 N–H and O–H groups in total. The number of anilines is 1. The van der Waals surface area contributed by atoms with Gasteiger partial charge in [0.1, 0.15) is 11.8 Å². The second kappa shape index (κ2) is 5.32. The highest BCUT2D eigenvalue weighted by Crippen LogP contribution is 2.18. The van der Waals surface area contributed by atoms with Crippen molar-refractivity contribution in [1.29, 1.82) is 0 Å². The quantitative estimate of drug-likeness (QED) is 0.847. The van der Waals surface area contributed by atoms with Crippen LogP contribution in [-0.4, -0.2) is 10.9 Å². The summed E-state index contributed by atoms with van der Waals surface area (Å²) < 4.78 is 5.35. The van der Waals surface area contributed by atoms with Gasteiger partial charge >= 0.3 is 0 Å². The van der Waals surface area contributed by atoms with Gasteiger partial charge in [0, 0.05) is 16.3 Å². The van der Waals surface area contributed by atoms with Crippen LogP contribution in [0.3, 0.4) is 0 Å². The van der Waals surface area contributed by atoms with E-state index in [1.807, 2.05) is 0 Å². The van der Waals surface area contributed by atoms with E-state index in [1.54, 1.807) is 38.2 Å². The average molecular weight is 280 g/mol. The SMILES string of the molecule is Cc1cnc(C(C)NC(=O)c2cc(N)cc(Cl)c2)o1. The fourth-order valence-corrected chi connectivity index (χ4v) is 1.90. The number of aryl methyl sites for hydroxylation is 1. The van der Waals surface area contributed by atoms with Crippen molar-refractivity contribution in [2.24, 2.45) is 0 Å². The van der Waals surface area contributed by atoms with Gasteiger partial charge in [-0.25, -0.2) is 4.98 Å². The lowest BCUT2D eigenvalue weighted by atomic mass is 10.2. The van der Waals surface area contributed by atoms with E-state index in [0.717, 1.165) is 0 Å². The van der Waals surface area contributed by atoms with Gasteiger partial charge in [-0.15, -0.1) is 0 Å². The summed E-state index contributed by atoms with van der Waals surface area (Å²) in [5.74, 6) is 0.876. The average Bonchev–Trinajstić information content (AvgIpc) is 2.74. The molecular weight excluding hydrogens is 266 g/mol. The molecule has 0 aliphatic rings. The molecular formula is C13H14ClN3O2. The summed E-state index contributed by atoms with van der Waals surface area (Å²) in [5.41, 5.74) is 6.49. The highest BCUT2D eigenvalue weighted by molar-refractivity contribution is 6.31. The second-order valence-corrected chi connectivity index (χ2v) is 4.71. The molecule has 2 rings (SSSR count). The molecule has 100 valence electrons. The van der Waals surface area contributed by atoms with Crippen LogP contribution in [-0.2, 0) is 0 Å². The molecule has 1 aromatic carbocycles. The Morgan fingerprint density at radius 2 is 2.21 bits per heavy atom. The van der Waals surface area contributed by atoms with Gasteiger partial charge in [0.15, 0.2) is 0 Å². The van der Waals surface area contributed by atoms with Crippen LogP contribution in [0.4, 0.5) is 5.69 Å². The van der Waals surface area contributed by atoms with E-state index in [1.165, 1.54) is 0 Å². The molecule has 0 fully saturated rings. The van der Waals surface area contributed by atoms with Gasteiger partial charge in [0.2, 0.25) is 5.89 Å². The maximum absolute atomic E-state index is 12.0. The van der Waals surface area contributed by atoms with Crippen LogP contribution in [0, 0.1) is 6.92 Å². The van der Waals surface area contributed by atoms with Crippen LogP contribution < -0.4 is 11.1 Å². The van der Waals surface area contributed by atoms with Crippen molar-refractivity contribution in [2.45, 2.75) is 19.9 Å². The van der Waals surface area contributed by atoms with E-state index in [2.05, 4.69) is 10.3 Å². The number of aromatic nitrogens is 1. The molecule has 1 amide bonds. The number of benzene rings is 1. The summed E-state index contributed by atoms with van der Waals surface area (Å²) in [4.78, 5) is 16.1. The smallest absolute Gasteiger partial charge is 0.252 e. The van der Waals surface area contributed by atoms with Crippen molar-refractivity contribution in [1.82, 2.24) is 10.3 Å². The van der Waals surface area contributed by atoms with Gasteiger partial charge in [-0.05, 0) is 32.0 Å². The van der Waals surface area contributed by atoms with E-state index in [0.29, 0.717) is 27.9 Å². The number of oxazole rings is 1. The number of halogens is 1. The predicted molar refractivity (Wildman–Crippen MR) is 73.0 cm³/mol. The number of nitrogens with two attached hydrogens (primary N) is 1. The number of nitrogens with zero attached hydrogens (tertiary/aromatic N) is 1. The Labute approximate surface area is 115 Å². The summed E-state index contributed by atoms with van der Waals surface area (Å²) in [6.07, 6.45) is 1.61. The molecule has 0 saturated heterocycles. The Morgan fingerprint density at radius 1 is 1.47 bits per heavy atom. The Kier molecular flexibility index (Phi) is 3.76. The van der Waals surface area contributed by atoms with Gasteiger partial charge in [-0.3, -0.25) is 4.79 Å². The van der Waals surface area contributed by atoms with Crippen molar-refractivity contribution in [2.75, 3.05) is 5.73 Å². The van der Waals surface area contributed by atoms with E-state index in [-0.39, 0.29) is 11.9 Å². The first-order valence-corrected chi connectivity index (χ1v) is 6.13. The van der Waals surface area contributed by atoms with Crippen LogP contribution >= 0.6 is 11.6 Å². The summed E-state index contributed by atoms with van der Waals surface area (Å²) in [7, 11) is 0. The lowest BCUT2D eigenvalue weighted by Crippen LogP contribution is -2.26. The zero-order chi connectivity index (χ0) is 14.0. The third kappa shape index (κ3) is 3.26. The maximum atomic E-state index is 12.0. The summed E-state index contributed by atoms with van der Waals surface area (Å²) in [6, 6.07) is 4.37. The third-order valence-corrected chi connectivity index (χ3v) is 2.76. The van der Waals surface area contributed by atoms with E-state index in [9.17, 15) is 4.79 Å². The van der Waals surface area contributed by atoms with Crippen molar-refractivity contribution in [3.05, 3.63) is 46.6 Å². The summed E-state index contributed by atoms with van der Waals surface area (Å²) >= 11 is 5.86. The number of carbonyl (C=O) groups excluding carboxylic acids is 1. The van der Waals surface area contributed by atoms with Crippen LogP contribution in [0.1, 0.15) is 35.0 Å². The topological polar surface area (TPSA) is 81.2 Å². The molecule has 1 heterocycles. The largest absolute Gasteiger partial charge is 0.444 e. The maximum Gasteiger partial charge on any atom is 0.252 e. The van der Waals surface area contributed by atoms with Crippen molar-refractivity contribution in [3.8, 4) is 0 Å². The molecule has 0 radical (unpaired) electrons. The first-order valence-electron chi connectivity index (χ1n) is 5.75. The molecule has 1 unspecified atom stereocenters. The fraction of sp³-hybridized carbons (Fsp3) is 0.231. The van der Waals surface area contributed by atoms with Gasteiger partial charge in [-0.2, -0.15) is 0 Å². The van der Waals surface area contributed by atoms with Crippen molar-refractivity contribution >= 4 is 23.2 Å². The fourth-order valence-electron chi connectivity index (χ4n) is 1.66. The van der Waals surface area contributed by atoms with Gasteiger partial charge in [0.05, 0.1) is 6.20 Å².